The van der Waals surface area contributed by atoms with Crippen LogP contribution in [0.2, 0.25) is 0 Å². The fraction of sp³-hybridized carbons (Fsp3) is 0.385. The quantitative estimate of drug-likeness (QED) is 0.857. The van der Waals surface area contributed by atoms with Crippen molar-refractivity contribution in [2.24, 2.45) is 0 Å². The topological polar surface area (TPSA) is 49.4 Å². The first-order valence-corrected chi connectivity index (χ1v) is 7.39. The van der Waals surface area contributed by atoms with Gasteiger partial charge >= 0.3 is 0 Å². The van der Waals surface area contributed by atoms with Crippen LogP contribution in [0.15, 0.2) is 27.1 Å². The zero-order chi connectivity index (χ0) is 14.6. The Balaban J connectivity index is 2.74. The largest absolute Gasteiger partial charge is 0.352 e. The van der Waals surface area contributed by atoms with Crippen LogP contribution in [0.3, 0.4) is 0 Å². The zero-order valence-electron chi connectivity index (χ0n) is 11.0. The molecule has 0 aromatic heterocycles. The van der Waals surface area contributed by atoms with Crippen molar-refractivity contribution in [3.05, 3.63) is 32.7 Å². The molecule has 6 heteroatoms. The van der Waals surface area contributed by atoms with Crippen LogP contribution in [0.5, 0.6) is 0 Å². The maximum absolute atomic E-state index is 12.2. The lowest BCUT2D eigenvalue weighted by molar-refractivity contribution is -0.122. The number of halogens is 2. The Morgan fingerprint density at radius 2 is 1.95 bits per heavy atom. The molecule has 2 amide bonds. The summed E-state index contributed by atoms with van der Waals surface area (Å²) < 4.78 is 1.58. The Morgan fingerprint density at radius 1 is 1.32 bits per heavy atom. The maximum Gasteiger partial charge on any atom is 0.255 e. The Bertz CT molecular complexity index is 490. The van der Waals surface area contributed by atoms with E-state index in [1.54, 1.807) is 25.2 Å². The normalized spacial score (nSPS) is 10.4. The second-order valence-electron chi connectivity index (χ2n) is 4.51. The lowest BCUT2D eigenvalue weighted by Gasteiger charge is -2.18. The third-order valence-electron chi connectivity index (χ3n) is 2.34. The second-order valence-corrected chi connectivity index (χ2v) is 6.28. The number of hydrogen-bond donors (Lipinski definition) is 1. The molecule has 4 nitrogen and oxygen atoms in total. The van der Waals surface area contributed by atoms with Gasteiger partial charge < -0.3 is 10.2 Å². The molecule has 0 aliphatic heterocycles. The minimum Gasteiger partial charge on any atom is -0.352 e. The van der Waals surface area contributed by atoms with Gasteiger partial charge in [0.1, 0.15) is 0 Å². The van der Waals surface area contributed by atoms with Crippen molar-refractivity contribution in [2.75, 3.05) is 13.6 Å². The smallest absolute Gasteiger partial charge is 0.255 e. The van der Waals surface area contributed by atoms with E-state index >= 15 is 0 Å². The number of nitrogens with zero attached hydrogens (tertiary/aromatic N) is 1. The Morgan fingerprint density at radius 3 is 2.47 bits per heavy atom. The van der Waals surface area contributed by atoms with Gasteiger partial charge in [-0.05, 0) is 48.0 Å². The molecule has 1 N–H and O–H groups in total. The van der Waals surface area contributed by atoms with Crippen LogP contribution in [0.1, 0.15) is 24.2 Å². The fourth-order valence-electron chi connectivity index (χ4n) is 1.52. The number of carbonyl (C=O) groups is 2. The van der Waals surface area contributed by atoms with Crippen molar-refractivity contribution in [1.29, 1.82) is 0 Å². The molecule has 0 saturated carbocycles. The van der Waals surface area contributed by atoms with E-state index < -0.39 is 0 Å². The maximum atomic E-state index is 12.2. The molecule has 0 aliphatic carbocycles. The first-order chi connectivity index (χ1) is 8.81. The van der Waals surface area contributed by atoms with Gasteiger partial charge in [-0.25, -0.2) is 0 Å². The third kappa shape index (κ3) is 4.95. The summed E-state index contributed by atoms with van der Waals surface area (Å²) in [6.07, 6.45) is 0. The van der Waals surface area contributed by atoms with Crippen LogP contribution in [0.25, 0.3) is 0 Å². The van der Waals surface area contributed by atoms with Gasteiger partial charge in [0, 0.05) is 22.0 Å². The minimum atomic E-state index is -0.196. The van der Waals surface area contributed by atoms with Crippen molar-refractivity contribution < 1.29 is 9.59 Å². The summed E-state index contributed by atoms with van der Waals surface area (Å²) in [5.41, 5.74) is 0.531. The van der Waals surface area contributed by atoms with Gasteiger partial charge in [0.05, 0.1) is 12.1 Å². The van der Waals surface area contributed by atoms with Crippen molar-refractivity contribution in [3.8, 4) is 0 Å². The van der Waals surface area contributed by atoms with E-state index in [0.717, 1.165) is 4.47 Å². The van der Waals surface area contributed by atoms with Crippen LogP contribution >= 0.6 is 31.9 Å². The molecule has 1 rings (SSSR count). The lowest BCUT2D eigenvalue weighted by atomic mass is 10.2. The van der Waals surface area contributed by atoms with E-state index in [0.29, 0.717) is 10.0 Å². The molecule has 0 radical (unpaired) electrons. The first-order valence-electron chi connectivity index (χ1n) is 5.81. The van der Waals surface area contributed by atoms with Crippen LogP contribution in [0, 0.1) is 0 Å². The average molecular weight is 392 g/mol. The molecule has 0 saturated heterocycles. The van der Waals surface area contributed by atoms with E-state index in [-0.39, 0.29) is 24.4 Å². The average Bonchev–Trinajstić information content (AvgIpc) is 2.26. The molecule has 1 aromatic carbocycles. The highest BCUT2D eigenvalue weighted by Crippen LogP contribution is 2.22. The van der Waals surface area contributed by atoms with Crippen LogP contribution in [0.4, 0.5) is 0 Å². The van der Waals surface area contributed by atoms with Crippen LogP contribution in [-0.2, 0) is 4.79 Å². The summed E-state index contributed by atoms with van der Waals surface area (Å²) in [5, 5.41) is 2.75. The highest BCUT2D eigenvalue weighted by atomic mass is 79.9. The van der Waals surface area contributed by atoms with E-state index in [4.69, 9.17) is 0 Å². The molecule has 1 aromatic rings. The number of amides is 2. The molecular formula is C13H16Br2N2O2. The summed E-state index contributed by atoms with van der Waals surface area (Å²) >= 11 is 6.68. The first kappa shape index (κ1) is 16.2. The van der Waals surface area contributed by atoms with E-state index in [1.165, 1.54) is 4.90 Å². The number of carbonyl (C=O) groups excluding carboxylic acids is 2. The summed E-state index contributed by atoms with van der Waals surface area (Å²) in [5.74, 6) is -0.364. The Hall–Kier alpha value is -0.880. The second kappa shape index (κ2) is 7.05. The molecule has 0 bridgehead atoms. The van der Waals surface area contributed by atoms with Gasteiger partial charge in [-0.1, -0.05) is 15.9 Å². The molecule has 19 heavy (non-hydrogen) atoms. The monoisotopic (exact) mass is 390 g/mol. The molecular weight excluding hydrogens is 376 g/mol. The van der Waals surface area contributed by atoms with Gasteiger partial charge in [-0.3, -0.25) is 9.59 Å². The minimum absolute atomic E-state index is 0.0412. The van der Waals surface area contributed by atoms with E-state index in [9.17, 15) is 9.59 Å². The highest BCUT2D eigenvalue weighted by Gasteiger charge is 2.17. The predicted molar refractivity (Wildman–Crippen MR) is 82.1 cm³/mol. The summed E-state index contributed by atoms with van der Waals surface area (Å²) in [7, 11) is 1.61. The third-order valence-corrected chi connectivity index (χ3v) is 3.49. The van der Waals surface area contributed by atoms with Crippen molar-refractivity contribution in [2.45, 2.75) is 19.9 Å². The van der Waals surface area contributed by atoms with Gasteiger partial charge in [-0.2, -0.15) is 0 Å². The van der Waals surface area contributed by atoms with Gasteiger partial charge in [0.2, 0.25) is 5.91 Å². The number of likely N-dealkylation sites (N-methyl/N-ethyl adjacent to an activating group) is 1. The van der Waals surface area contributed by atoms with Crippen molar-refractivity contribution >= 4 is 43.7 Å². The van der Waals surface area contributed by atoms with Gasteiger partial charge in [-0.15, -0.1) is 0 Å². The standard InChI is InChI=1S/C13H16Br2N2O2/c1-8(2)16-12(18)7-17(3)13(19)10-5-4-9(14)6-11(10)15/h4-6,8H,7H2,1-3H3,(H,16,18). The number of nitrogens with one attached hydrogen (secondary N) is 1. The van der Waals surface area contributed by atoms with Gasteiger partial charge in [0.15, 0.2) is 0 Å². The summed E-state index contributed by atoms with van der Waals surface area (Å²) in [6.45, 7) is 3.80. The SMILES string of the molecule is CC(C)NC(=O)CN(C)C(=O)c1ccc(Br)cc1Br. The number of benzene rings is 1. The highest BCUT2D eigenvalue weighted by molar-refractivity contribution is 9.11. The van der Waals surface area contributed by atoms with Crippen LogP contribution in [-0.4, -0.2) is 36.3 Å². The molecule has 0 unspecified atom stereocenters. The molecule has 0 heterocycles. The molecule has 0 spiro atoms. The van der Waals surface area contributed by atoms with E-state index in [2.05, 4.69) is 37.2 Å². The summed E-state index contributed by atoms with van der Waals surface area (Å²) in [6, 6.07) is 5.37. The lowest BCUT2D eigenvalue weighted by Crippen LogP contribution is -2.40. The number of hydrogen-bond acceptors (Lipinski definition) is 2. The van der Waals surface area contributed by atoms with E-state index in [1.807, 2.05) is 13.8 Å². The van der Waals surface area contributed by atoms with Gasteiger partial charge in [0.25, 0.3) is 5.91 Å². The Labute approximate surface area is 129 Å². The predicted octanol–water partition coefficient (Wildman–Crippen LogP) is 2.81. The summed E-state index contributed by atoms with van der Waals surface area (Å²) in [4.78, 5) is 25.2. The van der Waals surface area contributed by atoms with Crippen molar-refractivity contribution in [3.63, 3.8) is 0 Å². The zero-order valence-corrected chi connectivity index (χ0v) is 14.2. The molecule has 0 aliphatic rings. The number of rotatable bonds is 4. The fourth-order valence-corrected chi connectivity index (χ4v) is 2.74. The Kier molecular flexibility index (Phi) is 6.00. The van der Waals surface area contributed by atoms with Crippen LogP contribution < -0.4 is 5.32 Å². The molecule has 0 atom stereocenters. The van der Waals surface area contributed by atoms with Crippen molar-refractivity contribution in [1.82, 2.24) is 10.2 Å². The molecule has 0 fully saturated rings. The molecule has 104 valence electrons.